The van der Waals surface area contributed by atoms with E-state index >= 15 is 0 Å². The predicted octanol–water partition coefficient (Wildman–Crippen LogP) is 3.78. The van der Waals surface area contributed by atoms with Gasteiger partial charge in [-0.1, -0.05) is 6.07 Å². The first-order chi connectivity index (χ1) is 17.3. The number of benzene rings is 2. The molecule has 0 atom stereocenters. The van der Waals surface area contributed by atoms with E-state index in [1.54, 1.807) is 18.2 Å². The van der Waals surface area contributed by atoms with Crippen molar-refractivity contribution >= 4 is 38.2 Å². The minimum Gasteiger partial charge on any atom is -0.493 e. The van der Waals surface area contributed by atoms with Crippen LogP contribution in [0.5, 0.6) is 11.5 Å². The number of aromatic nitrogens is 1. The van der Waals surface area contributed by atoms with E-state index in [4.69, 9.17) is 9.47 Å². The van der Waals surface area contributed by atoms with Gasteiger partial charge in [0.25, 0.3) is 5.56 Å². The molecule has 0 saturated heterocycles. The molecule has 1 N–H and O–H groups in total. The molecule has 9 nitrogen and oxygen atoms in total. The van der Waals surface area contributed by atoms with Crippen LogP contribution in [0.15, 0.2) is 69.7 Å². The summed E-state index contributed by atoms with van der Waals surface area (Å²) in [5, 5.41) is 2.52. The van der Waals surface area contributed by atoms with Gasteiger partial charge in [-0.15, -0.1) is 11.3 Å². The summed E-state index contributed by atoms with van der Waals surface area (Å²) >= 11 is 1.41. The van der Waals surface area contributed by atoms with Crippen LogP contribution in [0.1, 0.15) is 20.8 Å². The monoisotopic (exact) mass is 528 g/mol. The fraction of sp³-hybridized carbons (Fsp3) is 0.200. The highest BCUT2D eigenvalue weighted by Gasteiger charge is 2.27. The van der Waals surface area contributed by atoms with Crippen LogP contribution in [-0.4, -0.2) is 45.0 Å². The zero-order valence-corrected chi connectivity index (χ0v) is 21.4. The van der Waals surface area contributed by atoms with Gasteiger partial charge in [0, 0.05) is 35.0 Å². The molecule has 0 unspecified atom stereocenters. The van der Waals surface area contributed by atoms with Crippen molar-refractivity contribution in [1.82, 2.24) is 9.29 Å². The number of ether oxygens (including phenoxy) is 3. The van der Waals surface area contributed by atoms with Crippen LogP contribution in [0.3, 0.4) is 0 Å². The lowest BCUT2D eigenvalue weighted by molar-refractivity contribution is 0.0600. The SMILES string of the molecule is COC(=O)c1ccc(S(=O)(=O)N(Cc2cccs2)Cc2cc3cc(OC)c(OC)cc3[nH]c2=O)cc1. The molecule has 4 rings (SSSR count). The number of thiophene rings is 1. The molecule has 2 aromatic carbocycles. The molecule has 0 aliphatic heterocycles. The van der Waals surface area contributed by atoms with Crippen LogP contribution >= 0.6 is 11.3 Å². The maximum atomic E-state index is 13.6. The van der Waals surface area contributed by atoms with Crippen LogP contribution in [0.25, 0.3) is 10.9 Å². The third-order valence-corrected chi connectivity index (χ3v) is 8.26. The number of hydrogen-bond donors (Lipinski definition) is 1. The fourth-order valence-electron chi connectivity index (χ4n) is 3.72. The van der Waals surface area contributed by atoms with Gasteiger partial charge in [0.05, 0.1) is 37.3 Å². The van der Waals surface area contributed by atoms with E-state index in [1.165, 1.54) is 61.2 Å². The summed E-state index contributed by atoms with van der Waals surface area (Å²) in [6.07, 6.45) is 0. The molecule has 0 aliphatic rings. The summed E-state index contributed by atoms with van der Waals surface area (Å²) in [5.41, 5.74) is 0.618. The molecule has 36 heavy (non-hydrogen) atoms. The number of esters is 1. The van der Waals surface area contributed by atoms with Crippen molar-refractivity contribution in [3.8, 4) is 11.5 Å². The Bertz CT molecular complexity index is 1540. The number of nitrogens with one attached hydrogen (secondary N) is 1. The minimum absolute atomic E-state index is 0.00432. The number of fused-ring (bicyclic) bond motifs is 1. The summed E-state index contributed by atoms with van der Waals surface area (Å²) in [4.78, 5) is 28.3. The Kier molecular flexibility index (Phi) is 7.43. The van der Waals surface area contributed by atoms with Gasteiger partial charge in [0.2, 0.25) is 10.0 Å². The average molecular weight is 529 g/mol. The number of aromatic amines is 1. The molecule has 0 bridgehead atoms. The van der Waals surface area contributed by atoms with Gasteiger partial charge in [-0.3, -0.25) is 4.79 Å². The van der Waals surface area contributed by atoms with Crippen molar-refractivity contribution in [2.75, 3.05) is 21.3 Å². The van der Waals surface area contributed by atoms with Gasteiger partial charge in [0.1, 0.15) is 0 Å². The largest absolute Gasteiger partial charge is 0.493 e. The molecule has 2 aromatic heterocycles. The topological polar surface area (TPSA) is 115 Å². The number of sulfonamides is 1. The van der Waals surface area contributed by atoms with E-state index in [0.717, 1.165) is 4.88 Å². The van der Waals surface area contributed by atoms with Crippen LogP contribution in [0.2, 0.25) is 0 Å². The minimum atomic E-state index is -4.03. The van der Waals surface area contributed by atoms with E-state index in [-0.39, 0.29) is 29.1 Å². The van der Waals surface area contributed by atoms with E-state index in [9.17, 15) is 18.0 Å². The molecule has 2 heterocycles. The van der Waals surface area contributed by atoms with Crippen LogP contribution < -0.4 is 15.0 Å². The molecular weight excluding hydrogens is 504 g/mol. The molecule has 0 saturated carbocycles. The first-order valence-corrected chi connectivity index (χ1v) is 13.1. The highest BCUT2D eigenvalue weighted by molar-refractivity contribution is 7.89. The molecule has 0 spiro atoms. The molecule has 0 amide bonds. The second kappa shape index (κ2) is 10.5. The number of methoxy groups -OCH3 is 3. The third kappa shape index (κ3) is 5.13. The first-order valence-electron chi connectivity index (χ1n) is 10.8. The Morgan fingerprint density at radius 2 is 1.67 bits per heavy atom. The number of rotatable bonds is 9. The lowest BCUT2D eigenvalue weighted by Gasteiger charge is -2.22. The van der Waals surface area contributed by atoms with Crippen LogP contribution in [0, 0.1) is 0 Å². The van der Waals surface area contributed by atoms with Crippen LogP contribution in [0.4, 0.5) is 0 Å². The Labute approximate surface area is 211 Å². The van der Waals surface area contributed by atoms with Crippen LogP contribution in [-0.2, 0) is 27.8 Å². The summed E-state index contributed by atoms with van der Waals surface area (Å²) in [6, 6.07) is 14.2. The first kappa shape index (κ1) is 25.4. The van der Waals surface area contributed by atoms with E-state index in [1.807, 2.05) is 17.5 Å². The highest BCUT2D eigenvalue weighted by Crippen LogP contribution is 2.31. The summed E-state index contributed by atoms with van der Waals surface area (Å²) in [5.74, 6) is 0.381. The quantitative estimate of drug-likeness (QED) is 0.329. The molecule has 0 radical (unpaired) electrons. The van der Waals surface area contributed by atoms with Gasteiger partial charge in [-0.05, 0) is 47.8 Å². The maximum absolute atomic E-state index is 13.6. The van der Waals surface area contributed by atoms with Crippen molar-refractivity contribution in [2.45, 2.75) is 18.0 Å². The normalized spacial score (nSPS) is 11.6. The number of nitrogens with zero attached hydrogens (tertiary/aromatic N) is 1. The maximum Gasteiger partial charge on any atom is 0.337 e. The zero-order chi connectivity index (χ0) is 25.9. The predicted molar refractivity (Wildman–Crippen MR) is 136 cm³/mol. The third-order valence-electron chi connectivity index (χ3n) is 5.60. The molecule has 0 fully saturated rings. The lowest BCUT2D eigenvalue weighted by atomic mass is 10.1. The Morgan fingerprint density at radius 3 is 2.28 bits per heavy atom. The molecule has 188 valence electrons. The van der Waals surface area contributed by atoms with Gasteiger partial charge in [-0.25, -0.2) is 13.2 Å². The van der Waals surface area contributed by atoms with Gasteiger partial charge in [-0.2, -0.15) is 4.31 Å². The zero-order valence-electron chi connectivity index (χ0n) is 19.8. The number of carbonyl (C=O) groups excluding carboxylic acids is 1. The van der Waals surface area contributed by atoms with Crippen molar-refractivity contribution < 1.29 is 27.4 Å². The average Bonchev–Trinajstić information content (AvgIpc) is 3.40. The summed E-state index contributed by atoms with van der Waals surface area (Å²) in [6.45, 7) is -0.0965. The lowest BCUT2D eigenvalue weighted by Crippen LogP contribution is -2.32. The highest BCUT2D eigenvalue weighted by atomic mass is 32.2. The Hall–Kier alpha value is -3.67. The summed E-state index contributed by atoms with van der Waals surface area (Å²) < 4.78 is 43.9. The second-order valence-electron chi connectivity index (χ2n) is 7.79. The van der Waals surface area contributed by atoms with E-state index < -0.39 is 21.6 Å². The number of hydrogen-bond acceptors (Lipinski definition) is 8. The number of H-pyrrole nitrogens is 1. The number of carbonyl (C=O) groups is 1. The molecule has 11 heteroatoms. The van der Waals surface area contributed by atoms with Crippen molar-refractivity contribution in [2.24, 2.45) is 0 Å². The Morgan fingerprint density at radius 1 is 0.972 bits per heavy atom. The van der Waals surface area contributed by atoms with E-state index in [0.29, 0.717) is 22.4 Å². The second-order valence-corrected chi connectivity index (χ2v) is 10.8. The van der Waals surface area contributed by atoms with Crippen molar-refractivity contribution in [1.29, 1.82) is 0 Å². The smallest absolute Gasteiger partial charge is 0.337 e. The van der Waals surface area contributed by atoms with Gasteiger partial charge < -0.3 is 19.2 Å². The Balaban J connectivity index is 1.75. The molecule has 0 aliphatic carbocycles. The van der Waals surface area contributed by atoms with Crippen molar-refractivity contribution in [3.63, 3.8) is 0 Å². The van der Waals surface area contributed by atoms with Gasteiger partial charge >= 0.3 is 5.97 Å². The fourth-order valence-corrected chi connectivity index (χ4v) is 5.92. The summed E-state index contributed by atoms with van der Waals surface area (Å²) in [7, 11) is 0.237. The van der Waals surface area contributed by atoms with Gasteiger partial charge in [0.15, 0.2) is 11.5 Å². The molecular formula is C25H24N2O7S2. The van der Waals surface area contributed by atoms with Crippen molar-refractivity contribution in [3.05, 3.63) is 86.3 Å². The molecule has 4 aromatic rings. The number of pyridine rings is 1. The standard InChI is InChI=1S/C25H24N2O7S2/c1-32-22-12-17-11-18(24(28)26-21(17)13-23(22)33-2)14-27(15-19-5-4-10-35-19)36(30,31)20-8-6-16(7-9-20)25(29)34-3/h4-13H,14-15H2,1-3H3,(H,26,28). The van der Waals surface area contributed by atoms with E-state index in [2.05, 4.69) is 9.72 Å².